The molecule has 0 radical (unpaired) electrons. The number of carbonyl (C=O) groups excluding carboxylic acids is 2. The van der Waals surface area contributed by atoms with Gasteiger partial charge in [0, 0.05) is 25.2 Å². The molecule has 1 aliphatic heterocycles. The van der Waals surface area contributed by atoms with Crippen molar-refractivity contribution in [2.75, 3.05) is 26.2 Å². The summed E-state index contributed by atoms with van der Waals surface area (Å²) in [6, 6.07) is -0.135. The number of aliphatic hydroxyl groups is 1. The summed E-state index contributed by atoms with van der Waals surface area (Å²) in [7, 11) is 0. The number of carbonyl (C=O) groups is 2. The molecule has 7 nitrogen and oxygen atoms in total. The van der Waals surface area contributed by atoms with Crippen LogP contribution >= 0.6 is 0 Å². The quantitative estimate of drug-likeness (QED) is 0.686. The van der Waals surface area contributed by atoms with Crippen LogP contribution in [0.4, 0.5) is 4.79 Å². The van der Waals surface area contributed by atoms with Gasteiger partial charge in [-0.1, -0.05) is 0 Å². The number of hydrogen-bond acceptors (Lipinski definition) is 5. The van der Waals surface area contributed by atoms with Crippen LogP contribution in [-0.4, -0.2) is 65.9 Å². The van der Waals surface area contributed by atoms with Crippen molar-refractivity contribution in [1.29, 1.82) is 0 Å². The number of rotatable bonds is 5. The standard InChI is InChI=1S/C15H29N3O4/c1-11(10-19)16-13(20)9-18-7-5-12(6-8-18)17-14(21)22-15(2,3)4/h11-12,19H,5-10H2,1-4H3,(H,16,20)(H,17,21). The van der Waals surface area contributed by atoms with E-state index in [1.54, 1.807) is 6.92 Å². The number of alkyl carbamates (subject to hydrolysis) is 1. The van der Waals surface area contributed by atoms with Gasteiger partial charge >= 0.3 is 6.09 Å². The van der Waals surface area contributed by atoms with Crippen molar-refractivity contribution in [1.82, 2.24) is 15.5 Å². The first-order valence-electron chi connectivity index (χ1n) is 7.81. The topological polar surface area (TPSA) is 90.9 Å². The van der Waals surface area contributed by atoms with Crippen molar-refractivity contribution < 1.29 is 19.4 Å². The van der Waals surface area contributed by atoms with Gasteiger partial charge in [-0.25, -0.2) is 4.79 Å². The van der Waals surface area contributed by atoms with Crippen molar-refractivity contribution in [2.45, 2.75) is 58.2 Å². The molecule has 0 saturated carbocycles. The highest BCUT2D eigenvalue weighted by atomic mass is 16.6. The molecule has 1 atom stereocenters. The fourth-order valence-corrected chi connectivity index (χ4v) is 2.28. The number of aliphatic hydroxyl groups excluding tert-OH is 1. The SMILES string of the molecule is CC(CO)NC(=O)CN1CCC(NC(=O)OC(C)(C)C)CC1. The Kier molecular flexibility index (Phi) is 7.09. The number of likely N-dealkylation sites (tertiary alicyclic amines) is 1. The van der Waals surface area contributed by atoms with Gasteiger partial charge in [-0.15, -0.1) is 0 Å². The van der Waals surface area contributed by atoms with E-state index in [1.807, 2.05) is 25.7 Å². The molecule has 0 aromatic rings. The fraction of sp³-hybridized carbons (Fsp3) is 0.867. The molecule has 0 bridgehead atoms. The zero-order chi connectivity index (χ0) is 16.8. The zero-order valence-electron chi connectivity index (χ0n) is 14.0. The predicted octanol–water partition coefficient (Wildman–Crippen LogP) is 0.473. The first-order chi connectivity index (χ1) is 10.2. The lowest BCUT2D eigenvalue weighted by molar-refractivity contribution is -0.123. The number of ether oxygens (including phenoxy) is 1. The molecule has 1 fully saturated rings. The van der Waals surface area contributed by atoms with Gasteiger partial charge in [0.1, 0.15) is 5.60 Å². The number of nitrogens with zero attached hydrogens (tertiary/aromatic N) is 1. The van der Waals surface area contributed by atoms with Crippen molar-refractivity contribution in [3.05, 3.63) is 0 Å². The number of nitrogens with one attached hydrogen (secondary N) is 2. The smallest absolute Gasteiger partial charge is 0.407 e. The van der Waals surface area contributed by atoms with E-state index in [0.717, 1.165) is 25.9 Å². The molecule has 1 rings (SSSR count). The molecule has 3 N–H and O–H groups in total. The van der Waals surface area contributed by atoms with Crippen molar-refractivity contribution in [3.8, 4) is 0 Å². The highest BCUT2D eigenvalue weighted by Crippen LogP contribution is 2.12. The number of hydrogen-bond donors (Lipinski definition) is 3. The molecular formula is C15H29N3O4. The van der Waals surface area contributed by atoms with Gasteiger partial charge in [0.2, 0.25) is 5.91 Å². The lowest BCUT2D eigenvalue weighted by atomic mass is 10.1. The van der Waals surface area contributed by atoms with E-state index >= 15 is 0 Å². The monoisotopic (exact) mass is 315 g/mol. The van der Waals surface area contributed by atoms with Crippen LogP contribution in [-0.2, 0) is 9.53 Å². The molecule has 0 aromatic heterocycles. The minimum atomic E-state index is -0.494. The van der Waals surface area contributed by atoms with E-state index in [2.05, 4.69) is 10.6 Å². The first-order valence-corrected chi connectivity index (χ1v) is 7.81. The second-order valence-electron chi connectivity index (χ2n) is 6.85. The third kappa shape index (κ3) is 7.61. The summed E-state index contributed by atoms with van der Waals surface area (Å²) < 4.78 is 5.24. The molecular weight excluding hydrogens is 286 g/mol. The highest BCUT2D eigenvalue weighted by Gasteiger charge is 2.24. The average molecular weight is 315 g/mol. The Morgan fingerprint density at radius 3 is 2.41 bits per heavy atom. The van der Waals surface area contributed by atoms with E-state index in [0.29, 0.717) is 6.54 Å². The molecule has 1 aliphatic rings. The summed E-state index contributed by atoms with van der Waals surface area (Å²) in [6.07, 6.45) is 1.20. The van der Waals surface area contributed by atoms with Crippen LogP contribution in [0.15, 0.2) is 0 Å². The van der Waals surface area contributed by atoms with Gasteiger partial charge in [0.05, 0.1) is 13.2 Å². The Balaban J connectivity index is 2.26. The van der Waals surface area contributed by atoms with Crippen LogP contribution in [0, 0.1) is 0 Å². The average Bonchev–Trinajstić information content (AvgIpc) is 2.38. The van der Waals surface area contributed by atoms with Crippen molar-refractivity contribution in [3.63, 3.8) is 0 Å². The molecule has 0 aromatic carbocycles. The van der Waals surface area contributed by atoms with E-state index < -0.39 is 5.60 Å². The van der Waals surface area contributed by atoms with Crippen molar-refractivity contribution >= 4 is 12.0 Å². The second-order valence-corrected chi connectivity index (χ2v) is 6.85. The summed E-state index contributed by atoms with van der Waals surface area (Å²) in [6.45, 7) is 9.03. The first kappa shape index (κ1) is 18.7. The Bertz CT molecular complexity index is 373. The number of amides is 2. The molecule has 7 heteroatoms. The highest BCUT2D eigenvalue weighted by molar-refractivity contribution is 5.78. The van der Waals surface area contributed by atoms with Gasteiger partial charge in [0.15, 0.2) is 0 Å². The van der Waals surface area contributed by atoms with E-state index in [1.165, 1.54) is 0 Å². The predicted molar refractivity (Wildman–Crippen MR) is 83.5 cm³/mol. The second kappa shape index (κ2) is 8.33. The molecule has 0 aliphatic carbocycles. The van der Waals surface area contributed by atoms with Gasteiger partial charge in [-0.3, -0.25) is 9.69 Å². The Morgan fingerprint density at radius 2 is 1.91 bits per heavy atom. The third-order valence-electron chi connectivity index (χ3n) is 3.36. The maximum atomic E-state index is 11.7. The van der Waals surface area contributed by atoms with Gasteiger partial charge in [0.25, 0.3) is 0 Å². The van der Waals surface area contributed by atoms with Crippen LogP contribution in [0.5, 0.6) is 0 Å². The summed E-state index contributed by atoms with van der Waals surface area (Å²) in [5.74, 6) is -0.0832. The third-order valence-corrected chi connectivity index (χ3v) is 3.36. The summed E-state index contributed by atoms with van der Waals surface area (Å²) in [5, 5.41) is 14.5. The van der Waals surface area contributed by atoms with E-state index in [4.69, 9.17) is 9.84 Å². The van der Waals surface area contributed by atoms with Crippen LogP contribution < -0.4 is 10.6 Å². The molecule has 128 valence electrons. The fourth-order valence-electron chi connectivity index (χ4n) is 2.28. The lowest BCUT2D eigenvalue weighted by Crippen LogP contribution is -2.49. The zero-order valence-corrected chi connectivity index (χ0v) is 14.0. The van der Waals surface area contributed by atoms with E-state index in [9.17, 15) is 9.59 Å². The van der Waals surface area contributed by atoms with Gasteiger partial charge in [-0.05, 0) is 40.5 Å². The van der Waals surface area contributed by atoms with E-state index in [-0.39, 0.29) is 30.7 Å². The minimum Gasteiger partial charge on any atom is -0.444 e. The molecule has 22 heavy (non-hydrogen) atoms. The molecule has 1 saturated heterocycles. The normalized spacial score (nSPS) is 18.6. The Morgan fingerprint density at radius 1 is 1.32 bits per heavy atom. The van der Waals surface area contributed by atoms with Crippen LogP contribution in [0.25, 0.3) is 0 Å². The minimum absolute atomic E-state index is 0.0619. The van der Waals surface area contributed by atoms with Crippen molar-refractivity contribution in [2.24, 2.45) is 0 Å². The Hall–Kier alpha value is -1.34. The van der Waals surface area contributed by atoms with Crippen LogP contribution in [0.1, 0.15) is 40.5 Å². The number of piperidine rings is 1. The maximum Gasteiger partial charge on any atom is 0.407 e. The molecule has 1 unspecified atom stereocenters. The molecule has 2 amide bonds. The molecule has 1 heterocycles. The summed E-state index contributed by atoms with van der Waals surface area (Å²) in [5.41, 5.74) is -0.494. The Labute approximate surface area is 132 Å². The largest absolute Gasteiger partial charge is 0.444 e. The lowest BCUT2D eigenvalue weighted by Gasteiger charge is -2.32. The summed E-state index contributed by atoms with van der Waals surface area (Å²) >= 11 is 0. The van der Waals surface area contributed by atoms with Crippen LogP contribution in [0.2, 0.25) is 0 Å². The van der Waals surface area contributed by atoms with Gasteiger partial charge < -0.3 is 20.5 Å². The van der Waals surface area contributed by atoms with Crippen LogP contribution in [0.3, 0.4) is 0 Å². The molecule has 0 spiro atoms. The van der Waals surface area contributed by atoms with Gasteiger partial charge in [-0.2, -0.15) is 0 Å². The summed E-state index contributed by atoms with van der Waals surface area (Å²) in [4.78, 5) is 25.5. The maximum absolute atomic E-state index is 11.7.